The zero-order valence-electron chi connectivity index (χ0n) is 7.00. The van der Waals surface area contributed by atoms with Gasteiger partial charge in [-0.3, -0.25) is 4.79 Å². The van der Waals surface area contributed by atoms with Crippen LogP contribution in [0.1, 0.15) is 13.8 Å². The van der Waals surface area contributed by atoms with Crippen LogP contribution in [0.15, 0.2) is 4.99 Å². The Kier molecular flexibility index (Phi) is 4.26. The Morgan fingerprint density at radius 2 is 2.18 bits per heavy atom. The first kappa shape index (κ1) is 9.94. The maximum atomic E-state index is 10.1. The molecule has 0 amide bonds. The molecule has 0 aromatic rings. The van der Waals surface area contributed by atoms with Crippen molar-refractivity contribution in [1.82, 2.24) is 0 Å². The standard InChI is InChI=1S/C7H13NO3/c1-5(2)7(11-3)8-4-6(9)10/h5H,4H2,1-3H3,(H,9,10). The van der Waals surface area contributed by atoms with Gasteiger partial charge in [-0.25, -0.2) is 4.99 Å². The van der Waals surface area contributed by atoms with Gasteiger partial charge < -0.3 is 9.84 Å². The summed E-state index contributed by atoms with van der Waals surface area (Å²) in [7, 11) is 1.49. The molecule has 0 fully saturated rings. The molecule has 0 heterocycles. The summed E-state index contributed by atoms with van der Waals surface area (Å²) < 4.78 is 4.85. The van der Waals surface area contributed by atoms with E-state index < -0.39 is 5.97 Å². The molecule has 11 heavy (non-hydrogen) atoms. The topological polar surface area (TPSA) is 58.9 Å². The van der Waals surface area contributed by atoms with Crippen LogP contribution in [0.2, 0.25) is 0 Å². The molecule has 0 saturated carbocycles. The summed E-state index contributed by atoms with van der Waals surface area (Å²) >= 11 is 0. The second kappa shape index (κ2) is 4.71. The monoisotopic (exact) mass is 159 g/mol. The molecule has 0 aliphatic carbocycles. The third-order valence-corrected chi connectivity index (χ3v) is 1.07. The van der Waals surface area contributed by atoms with Crippen LogP contribution < -0.4 is 0 Å². The quantitative estimate of drug-likeness (QED) is 0.488. The van der Waals surface area contributed by atoms with E-state index in [-0.39, 0.29) is 12.5 Å². The Morgan fingerprint density at radius 1 is 1.64 bits per heavy atom. The van der Waals surface area contributed by atoms with Crippen molar-refractivity contribution < 1.29 is 14.6 Å². The lowest BCUT2D eigenvalue weighted by Gasteiger charge is -2.06. The van der Waals surface area contributed by atoms with Gasteiger partial charge in [-0.05, 0) is 0 Å². The summed E-state index contributed by atoms with van der Waals surface area (Å²) in [6, 6.07) is 0. The largest absolute Gasteiger partial charge is 0.484 e. The number of hydrogen-bond donors (Lipinski definition) is 1. The second-order valence-corrected chi connectivity index (χ2v) is 2.41. The number of methoxy groups -OCH3 is 1. The van der Waals surface area contributed by atoms with E-state index in [4.69, 9.17) is 9.84 Å². The van der Waals surface area contributed by atoms with Gasteiger partial charge in [0.05, 0.1) is 7.11 Å². The van der Waals surface area contributed by atoms with Gasteiger partial charge in [0.15, 0.2) is 5.90 Å². The van der Waals surface area contributed by atoms with Crippen molar-refractivity contribution >= 4 is 11.9 Å². The Labute approximate surface area is 65.9 Å². The molecule has 0 unspecified atom stereocenters. The highest BCUT2D eigenvalue weighted by Crippen LogP contribution is 1.97. The number of carbonyl (C=O) groups is 1. The molecule has 1 N–H and O–H groups in total. The number of aliphatic imine (C=N–C) groups is 1. The summed E-state index contributed by atoms with van der Waals surface area (Å²) in [5.74, 6) is -0.327. The number of aliphatic carboxylic acids is 1. The highest BCUT2D eigenvalue weighted by Gasteiger charge is 2.04. The van der Waals surface area contributed by atoms with Gasteiger partial charge >= 0.3 is 5.97 Å². The molecule has 0 aromatic carbocycles. The second-order valence-electron chi connectivity index (χ2n) is 2.41. The number of ether oxygens (including phenoxy) is 1. The molecule has 0 bridgehead atoms. The molecule has 0 aliphatic rings. The molecule has 0 rings (SSSR count). The summed E-state index contributed by atoms with van der Waals surface area (Å²) in [5.41, 5.74) is 0. The Hall–Kier alpha value is -1.06. The van der Waals surface area contributed by atoms with Crippen molar-refractivity contribution in [3.8, 4) is 0 Å². The number of carboxylic acids is 1. The van der Waals surface area contributed by atoms with Crippen molar-refractivity contribution in [2.75, 3.05) is 13.7 Å². The van der Waals surface area contributed by atoms with Crippen molar-refractivity contribution in [2.45, 2.75) is 13.8 Å². The minimum Gasteiger partial charge on any atom is -0.484 e. The summed E-state index contributed by atoms with van der Waals surface area (Å²) in [4.78, 5) is 13.8. The van der Waals surface area contributed by atoms with E-state index in [2.05, 4.69) is 4.99 Å². The van der Waals surface area contributed by atoms with E-state index in [1.54, 1.807) is 0 Å². The SMILES string of the molecule is COC(=NCC(=O)O)C(C)C. The molecule has 0 radical (unpaired) electrons. The van der Waals surface area contributed by atoms with Gasteiger partial charge in [0.1, 0.15) is 6.54 Å². The van der Waals surface area contributed by atoms with Gasteiger partial charge in [-0.1, -0.05) is 13.8 Å². The predicted octanol–water partition coefficient (Wildman–Crippen LogP) is 0.772. The molecule has 0 saturated heterocycles. The first-order valence-electron chi connectivity index (χ1n) is 3.38. The summed E-state index contributed by atoms with van der Waals surface area (Å²) in [6.45, 7) is 3.57. The van der Waals surface area contributed by atoms with Crippen LogP contribution in [-0.2, 0) is 9.53 Å². The fourth-order valence-corrected chi connectivity index (χ4v) is 0.628. The van der Waals surface area contributed by atoms with Crippen molar-refractivity contribution in [3.63, 3.8) is 0 Å². The number of hydrogen-bond acceptors (Lipinski definition) is 3. The van der Waals surface area contributed by atoms with Crippen LogP contribution in [0.4, 0.5) is 0 Å². The average Bonchev–Trinajstić information content (AvgIpc) is 1.87. The number of nitrogens with zero attached hydrogens (tertiary/aromatic N) is 1. The fourth-order valence-electron chi connectivity index (χ4n) is 0.628. The summed E-state index contributed by atoms with van der Waals surface area (Å²) in [6.07, 6.45) is 0. The van der Waals surface area contributed by atoms with Crippen LogP contribution in [-0.4, -0.2) is 30.6 Å². The molecule has 0 atom stereocenters. The van der Waals surface area contributed by atoms with E-state index in [1.165, 1.54) is 7.11 Å². The fraction of sp³-hybridized carbons (Fsp3) is 0.714. The lowest BCUT2D eigenvalue weighted by atomic mass is 10.2. The average molecular weight is 159 g/mol. The first-order valence-corrected chi connectivity index (χ1v) is 3.38. The van der Waals surface area contributed by atoms with Gasteiger partial charge in [-0.15, -0.1) is 0 Å². The molecule has 4 nitrogen and oxygen atoms in total. The van der Waals surface area contributed by atoms with Gasteiger partial charge in [0.2, 0.25) is 0 Å². The smallest absolute Gasteiger partial charge is 0.325 e. The van der Waals surface area contributed by atoms with Crippen LogP contribution in [0.3, 0.4) is 0 Å². The maximum absolute atomic E-state index is 10.1. The molecular formula is C7H13NO3. The van der Waals surface area contributed by atoms with Crippen molar-refractivity contribution in [3.05, 3.63) is 0 Å². The Balaban J connectivity index is 4.01. The zero-order valence-corrected chi connectivity index (χ0v) is 7.00. The van der Waals surface area contributed by atoms with E-state index in [0.29, 0.717) is 5.90 Å². The minimum atomic E-state index is -0.944. The highest BCUT2D eigenvalue weighted by atomic mass is 16.5. The third kappa shape index (κ3) is 4.36. The van der Waals surface area contributed by atoms with Gasteiger partial charge in [-0.2, -0.15) is 0 Å². The molecule has 0 spiro atoms. The van der Waals surface area contributed by atoms with E-state index in [1.807, 2.05) is 13.8 Å². The highest BCUT2D eigenvalue weighted by molar-refractivity contribution is 5.80. The zero-order chi connectivity index (χ0) is 8.85. The van der Waals surface area contributed by atoms with Crippen molar-refractivity contribution in [1.29, 1.82) is 0 Å². The lowest BCUT2D eigenvalue weighted by Crippen LogP contribution is -2.12. The molecule has 0 aromatic heterocycles. The number of rotatable bonds is 3. The Bertz CT molecular complexity index is 163. The van der Waals surface area contributed by atoms with Crippen LogP contribution in [0.5, 0.6) is 0 Å². The Morgan fingerprint density at radius 3 is 2.45 bits per heavy atom. The normalized spacial score (nSPS) is 11.8. The van der Waals surface area contributed by atoms with Crippen LogP contribution in [0.25, 0.3) is 0 Å². The van der Waals surface area contributed by atoms with Gasteiger partial charge in [0, 0.05) is 5.92 Å². The third-order valence-electron chi connectivity index (χ3n) is 1.07. The summed E-state index contributed by atoms with van der Waals surface area (Å²) in [5, 5.41) is 8.28. The van der Waals surface area contributed by atoms with Crippen LogP contribution >= 0.6 is 0 Å². The molecule has 64 valence electrons. The molecular weight excluding hydrogens is 146 g/mol. The first-order chi connectivity index (χ1) is 5.07. The number of carboxylic acid groups (broad SMARTS) is 1. The van der Waals surface area contributed by atoms with Gasteiger partial charge in [0.25, 0.3) is 0 Å². The maximum Gasteiger partial charge on any atom is 0.325 e. The lowest BCUT2D eigenvalue weighted by molar-refractivity contribution is -0.135. The van der Waals surface area contributed by atoms with E-state index in [9.17, 15) is 4.79 Å². The van der Waals surface area contributed by atoms with Crippen LogP contribution in [0, 0.1) is 5.92 Å². The van der Waals surface area contributed by atoms with E-state index in [0.717, 1.165) is 0 Å². The van der Waals surface area contributed by atoms with E-state index >= 15 is 0 Å². The minimum absolute atomic E-state index is 0.138. The molecule has 4 heteroatoms. The predicted molar refractivity (Wildman–Crippen MR) is 41.8 cm³/mol. The molecule has 0 aliphatic heterocycles. The van der Waals surface area contributed by atoms with Crippen molar-refractivity contribution in [2.24, 2.45) is 10.9 Å².